The minimum absolute atomic E-state index is 0.421. The molecule has 0 amide bonds. The molecule has 1 fully saturated rings. The molecule has 1 heteroatoms. The van der Waals surface area contributed by atoms with Gasteiger partial charge in [-0.15, -0.1) is 0 Å². The Morgan fingerprint density at radius 3 is 2.00 bits per heavy atom. The Morgan fingerprint density at radius 2 is 1.50 bits per heavy atom. The van der Waals surface area contributed by atoms with E-state index >= 15 is 0 Å². The molecule has 100 valence electrons. The summed E-state index contributed by atoms with van der Waals surface area (Å²) in [6.07, 6.45) is 6.95. The summed E-state index contributed by atoms with van der Waals surface area (Å²) in [5, 5.41) is 0. The van der Waals surface area contributed by atoms with Crippen molar-refractivity contribution < 1.29 is 4.48 Å². The van der Waals surface area contributed by atoms with Gasteiger partial charge in [-0.25, -0.2) is 0 Å². The highest BCUT2D eigenvalue weighted by Crippen LogP contribution is 2.40. The molecule has 2 rings (SSSR count). The summed E-state index contributed by atoms with van der Waals surface area (Å²) < 4.78 is 1.06. The van der Waals surface area contributed by atoms with Crippen LogP contribution < -0.4 is 0 Å². The lowest BCUT2D eigenvalue weighted by Crippen LogP contribution is -2.48. The Balaban J connectivity index is 2.32. The van der Waals surface area contributed by atoms with Crippen molar-refractivity contribution >= 4 is 0 Å². The molecule has 18 heavy (non-hydrogen) atoms. The molecule has 1 saturated carbocycles. The standard InChI is InChI=1S/C17H28N/c1-15-8-10-16(11-9-15)17(14-18(2,3)4)12-6-5-7-13-17/h8-11H,5-7,12-14H2,1-4H3/q+1. The molecule has 1 aromatic carbocycles. The summed E-state index contributed by atoms with van der Waals surface area (Å²) in [4.78, 5) is 0. The molecule has 0 unspecified atom stereocenters. The maximum absolute atomic E-state index is 2.37. The number of rotatable bonds is 3. The Labute approximate surface area is 112 Å². The van der Waals surface area contributed by atoms with Crippen LogP contribution in [-0.2, 0) is 5.41 Å². The van der Waals surface area contributed by atoms with Crippen molar-refractivity contribution in [3.05, 3.63) is 35.4 Å². The molecule has 0 atom stereocenters. The molecule has 0 spiro atoms. The number of hydrogen-bond donors (Lipinski definition) is 0. The van der Waals surface area contributed by atoms with Gasteiger partial charge in [0.1, 0.15) is 0 Å². The van der Waals surface area contributed by atoms with Gasteiger partial charge in [-0.3, -0.25) is 0 Å². The van der Waals surface area contributed by atoms with Gasteiger partial charge in [0.05, 0.1) is 27.7 Å². The molecule has 1 nitrogen and oxygen atoms in total. The van der Waals surface area contributed by atoms with Gasteiger partial charge in [0.25, 0.3) is 0 Å². The van der Waals surface area contributed by atoms with Crippen molar-refractivity contribution in [2.45, 2.75) is 44.4 Å². The highest BCUT2D eigenvalue weighted by atomic mass is 15.3. The van der Waals surface area contributed by atoms with Crippen LogP contribution in [0, 0.1) is 6.92 Å². The zero-order valence-corrected chi connectivity index (χ0v) is 12.5. The Morgan fingerprint density at radius 1 is 0.944 bits per heavy atom. The first kappa shape index (κ1) is 13.6. The summed E-state index contributed by atoms with van der Waals surface area (Å²) in [7, 11) is 6.97. The first-order chi connectivity index (χ1) is 8.41. The molecule has 0 aromatic heterocycles. The highest BCUT2D eigenvalue weighted by Gasteiger charge is 2.38. The van der Waals surface area contributed by atoms with E-state index in [-0.39, 0.29) is 0 Å². The number of hydrogen-bond acceptors (Lipinski definition) is 0. The third-order valence-electron chi connectivity index (χ3n) is 4.25. The van der Waals surface area contributed by atoms with Gasteiger partial charge in [-0.1, -0.05) is 49.1 Å². The fraction of sp³-hybridized carbons (Fsp3) is 0.647. The molecule has 0 N–H and O–H groups in total. The summed E-state index contributed by atoms with van der Waals surface area (Å²) in [5.74, 6) is 0. The highest BCUT2D eigenvalue weighted by molar-refractivity contribution is 5.29. The van der Waals surface area contributed by atoms with Crippen LogP contribution in [-0.4, -0.2) is 32.2 Å². The second-order valence-corrected chi connectivity index (χ2v) is 7.16. The van der Waals surface area contributed by atoms with E-state index in [1.807, 2.05) is 0 Å². The molecule has 0 radical (unpaired) electrons. The van der Waals surface area contributed by atoms with Gasteiger partial charge < -0.3 is 4.48 Å². The number of likely N-dealkylation sites (N-methyl/N-ethyl adjacent to an activating group) is 1. The monoisotopic (exact) mass is 246 g/mol. The average Bonchev–Trinajstić information content (AvgIpc) is 2.28. The fourth-order valence-corrected chi connectivity index (χ4v) is 3.58. The molecule has 1 aromatic rings. The number of aryl methyl sites for hydroxylation is 1. The Kier molecular flexibility index (Phi) is 3.82. The van der Waals surface area contributed by atoms with Gasteiger partial charge in [0, 0.05) is 5.41 Å². The quantitative estimate of drug-likeness (QED) is 0.710. The van der Waals surface area contributed by atoms with Gasteiger partial charge in [0.2, 0.25) is 0 Å². The lowest BCUT2D eigenvalue weighted by atomic mass is 9.68. The SMILES string of the molecule is Cc1ccc(C2(C[N+](C)(C)C)CCCCC2)cc1. The van der Waals surface area contributed by atoms with Crippen molar-refractivity contribution in [1.82, 2.24) is 0 Å². The Hall–Kier alpha value is -0.820. The molecular formula is C17H28N+. The van der Waals surface area contributed by atoms with E-state index < -0.39 is 0 Å². The number of quaternary nitrogens is 1. The zero-order chi connectivity index (χ0) is 13.2. The van der Waals surface area contributed by atoms with Gasteiger partial charge in [0.15, 0.2) is 0 Å². The van der Waals surface area contributed by atoms with Crippen molar-refractivity contribution in [1.29, 1.82) is 0 Å². The van der Waals surface area contributed by atoms with Gasteiger partial charge >= 0.3 is 0 Å². The van der Waals surface area contributed by atoms with E-state index in [0.717, 1.165) is 4.48 Å². The van der Waals surface area contributed by atoms with Gasteiger partial charge in [-0.05, 0) is 25.3 Å². The van der Waals surface area contributed by atoms with Crippen LogP contribution in [0.1, 0.15) is 43.2 Å². The second kappa shape index (κ2) is 5.05. The first-order valence-corrected chi connectivity index (χ1v) is 7.29. The maximum Gasteiger partial charge on any atom is 0.0878 e. The van der Waals surface area contributed by atoms with E-state index in [2.05, 4.69) is 52.3 Å². The molecule has 0 heterocycles. The maximum atomic E-state index is 2.37. The van der Waals surface area contributed by atoms with Crippen molar-refractivity contribution in [2.24, 2.45) is 0 Å². The molecule has 1 aliphatic rings. The Bertz CT molecular complexity index is 377. The molecule has 0 aliphatic heterocycles. The minimum atomic E-state index is 0.421. The summed E-state index contributed by atoms with van der Waals surface area (Å²) in [6.45, 7) is 3.44. The smallest absolute Gasteiger partial charge is 0.0878 e. The van der Waals surface area contributed by atoms with Crippen molar-refractivity contribution in [3.8, 4) is 0 Å². The summed E-state index contributed by atoms with van der Waals surface area (Å²) >= 11 is 0. The summed E-state index contributed by atoms with van der Waals surface area (Å²) in [6, 6.07) is 9.30. The lowest BCUT2D eigenvalue weighted by molar-refractivity contribution is -0.875. The van der Waals surface area contributed by atoms with E-state index in [9.17, 15) is 0 Å². The third kappa shape index (κ3) is 3.14. The topological polar surface area (TPSA) is 0 Å². The molecule has 0 saturated heterocycles. The predicted octanol–water partition coefficient (Wildman–Crippen LogP) is 3.90. The van der Waals surface area contributed by atoms with Crippen molar-refractivity contribution in [2.75, 3.05) is 27.7 Å². The lowest BCUT2D eigenvalue weighted by Gasteiger charge is -2.42. The summed E-state index contributed by atoms with van der Waals surface area (Å²) in [5.41, 5.74) is 3.36. The third-order valence-corrected chi connectivity index (χ3v) is 4.25. The molecule has 0 bridgehead atoms. The van der Waals surface area contributed by atoms with Crippen LogP contribution in [0.15, 0.2) is 24.3 Å². The van der Waals surface area contributed by atoms with E-state index in [1.165, 1.54) is 44.2 Å². The largest absolute Gasteiger partial charge is 0.330 e. The van der Waals surface area contributed by atoms with Crippen molar-refractivity contribution in [3.63, 3.8) is 0 Å². The first-order valence-electron chi connectivity index (χ1n) is 7.29. The molecule has 1 aliphatic carbocycles. The van der Waals surface area contributed by atoms with Crippen LogP contribution in [0.5, 0.6) is 0 Å². The second-order valence-electron chi connectivity index (χ2n) is 7.16. The normalized spacial score (nSPS) is 19.8. The van der Waals surface area contributed by atoms with E-state index in [0.29, 0.717) is 5.41 Å². The van der Waals surface area contributed by atoms with Crippen LogP contribution in [0.3, 0.4) is 0 Å². The van der Waals surface area contributed by atoms with Crippen LogP contribution in [0.4, 0.5) is 0 Å². The molecular weight excluding hydrogens is 218 g/mol. The number of benzene rings is 1. The average molecular weight is 246 g/mol. The fourth-order valence-electron chi connectivity index (χ4n) is 3.58. The van der Waals surface area contributed by atoms with E-state index in [1.54, 1.807) is 5.56 Å². The number of nitrogens with zero attached hydrogens (tertiary/aromatic N) is 1. The van der Waals surface area contributed by atoms with Crippen LogP contribution in [0.25, 0.3) is 0 Å². The predicted molar refractivity (Wildman–Crippen MR) is 78.8 cm³/mol. The zero-order valence-electron chi connectivity index (χ0n) is 12.5. The van der Waals surface area contributed by atoms with Crippen LogP contribution >= 0.6 is 0 Å². The van der Waals surface area contributed by atoms with E-state index in [4.69, 9.17) is 0 Å². The van der Waals surface area contributed by atoms with Crippen LogP contribution in [0.2, 0.25) is 0 Å². The minimum Gasteiger partial charge on any atom is -0.330 e. The van der Waals surface area contributed by atoms with Gasteiger partial charge in [-0.2, -0.15) is 0 Å².